The summed E-state index contributed by atoms with van der Waals surface area (Å²) in [5.41, 5.74) is 7.29. The lowest BCUT2D eigenvalue weighted by atomic mass is 10.0. The van der Waals surface area contributed by atoms with Gasteiger partial charge in [0.1, 0.15) is 19.1 Å². The van der Waals surface area contributed by atoms with Gasteiger partial charge in [-0.15, -0.1) is 0 Å². The second-order valence-corrected chi connectivity index (χ2v) is 8.25. The molecule has 1 heterocycles. The Balaban J connectivity index is 2.05. The number of imidazole rings is 1. The van der Waals surface area contributed by atoms with E-state index in [4.69, 9.17) is 9.72 Å². The van der Waals surface area contributed by atoms with Gasteiger partial charge in [0.25, 0.3) is 0 Å². The van der Waals surface area contributed by atoms with E-state index < -0.39 is 0 Å². The summed E-state index contributed by atoms with van der Waals surface area (Å²) in [6.07, 6.45) is 2.06. The molecule has 1 amide bonds. The van der Waals surface area contributed by atoms with Crippen LogP contribution in [0.1, 0.15) is 48.3 Å². The molecular formula is C26H35N3O3. The Morgan fingerprint density at radius 3 is 2.56 bits per heavy atom. The second-order valence-electron chi connectivity index (χ2n) is 8.25. The van der Waals surface area contributed by atoms with Crippen molar-refractivity contribution in [3.63, 3.8) is 0 Å². The van der Waals surface area contributed by atoms with Gasteiger partial charge in [0, 0.05) is 19.6 Å². The van der Waals surface area contributed by atoms with Crippen LogP contribution in [0.2, 0.25) is 0 Å². The lowest BCUT2D eigenvalue weighted by molar-refractivity contribution is -0.120. The Morgan fingerprint density at radius 2 is 1.88 bits per heavy atom. The van der Waals surface area contributed by atoms with E-state index in [9.17, 15) is 9.90 Å². The van der Waals surface area contributed by atoms with Gasteiger partial charge in [-0.1, -0.05) is 25.1 Å². The van der Waals surface area contributed by atoms with Crippen molar-refractivity contribution < 1.29 is 14.6 Å². The number of carbonyl (C=O) groups excluding carboxylic acids is 1. The Hall–Kier alpha value is -2.70. The van der Waals surface area contributed by atoms with Gasteiger partial charge in [-0.25, -0.2) is 4.98 Å². The smallest absolute Gasteiger partial charge is 0.248 e. The summed E-state index contributed by atoms with van der Waals surface area (Å²) >= 11 is 0. The molecule has 32 heavy (non-hydrogen) atoms. The lowest BCUT2D eigenvalue weighted by Crippen LogP contribution is -2.37. The van der Waals surface area contributed by atoms with E-state index in [1.165, 1.54) is 5.56 Å². The van der Waals surface area contributed by atoms with Crippen molar-refractivity contribution in [1.82, 2.24) is 9.55 Å². The molecule has 0 saturated heterocycles. The Labute approximate surface area is 190 Å². The van der Waals surface area contributed by atoms with Gasteiger partial charge in [0.2, 0.25) is 5.91 Å². The summed E-state index contributed by atoms with van der Waals surface area (Å²) in [5.74, 6) is 0.787. The fourth-order valence-corrected chi connectivity index (χ4v) is 4.09. The monoisotopic (exact) mass is 437 g/mol. The normalized spacial score (nSPS) is 11.3. The first-order valence-corrected chi connectivity index (χ1v) is 11.4. The van der Waals surface area contributed by atoms with Crippen LogP contribution in [-0.2, 0) is 28.9 Å². The number of aromatic nitrogens is 2. The Morgan fingerprint density at radius 1 is 1.12 bits per heavy atom. The molecule has 172 valence electrons. The zero-order chi connectivity index (χ0) is 23.3. The number of para-hydroxylation sites is 1. The second kappa shape index (κ2) is 10.7. The highest BCUT2D eigenvalue weighted by atomic mass is 16.5. The maximum atomic E-state index is 13.7. The van der Waals surface area contributed by atoms with Crippen LogP contribution < -0.4 is 4.90 Å². The summed E-state index contributed by atoms with van der Waals surface area (Å²) in [7, 11) is 0. The maximum absolute atomic E-state index is 13.7. The largest absolute Gasteiger partial charge is 0.396 e. The van der Waals surface area contributed by atoms with Crippen LogP contribution in [0.5, 0.6) is 0 Å². The zero-order valence-electron chi connectivity index (χ0n) is 19.9. The standard InChI is InChI=1S/C26H35N3O3/c1-6-21-11-8-10-18(3)26(21)29(17-32-7-2)25(31)16-28-23-15-20(5)19(4)14-22(23)27-24(28)12-9-13-30/h8,10-11,14-15,30H,6-7,9,12-13,16-17H2,1-5H3. The molecule has 0 saturated carbocycles. The summed E-state index contributed by atoms with van der Waals surface area (Å²) in [4.78, 5) is 20.3. The van der Waals surface area contributed by atoms with Crippen molar-refractivity contribution in [3.05, 3.63) is 58.4 Å². The molecule has 0 bridgehead atoms. The van der Waals surface area contributed by atoms with Crippen LogP contribution in [0.4, 0.5) is 5.69 Å². The van der Waals surface area contributed by atoms with Crippen LogP contribution in [0.15, 0.2) is 30.3 Å². The summed E-state index contributed by atoms with van der Waals surface area (Å²) in [6, 6.07) is 10.3. The van der Waals surface area contributed by atoms with Crippen molar-refractivity contribution >= 4 is 22.6 Å². The van der Waals surface area contributed by atoms with Crippen LogP contribution in [0.3, 0.4) is 0 Å². The van der Waals surface area contributed by atoms with E-state index in [1.54, 1.807) is 4.90 Å². The van der Waals surface area contributed by atoms with Gasteiger partial charge >= 0.3 is 0 Å². The molecule has 2 aromatic carbocycles. The topological polar surface area (TPSA) is 67.6 Å². The third-order valence-electron chi connectivity index (χ3n) is 5.99. The number of anilines is 1. The molecule has 0 aliphatic carbocycles. The fraction of sp³-hybridized carbons (Fsp3) is 0.462. The van der Waals surface area contributed by atoms with Crippen molar-refractivity contribution in [2.75, 3.05) is 24.8 Å². The molecule has 6 nitrogen and oxygen atoms in total. The van der Waals surface area contributed by atoms with Crippen LogP contribution in [0.25, 0.3) is 11.0 Å². The minimum absolute atomic E-state index is 0.0368. The number of rotatable bonds is 10. The molecule has 0 aliphatic rings. The molecule has 0 atom stereocenters. The summed E-state index contributed by atoms with van der Waals surface area (Å²) in [5, 5.41) is 9.36. The predicted octanol–water partition coefficient (Wildman–Crippen LogP) is 4.48. The number of benzene rings is 2. The Bertz CT molecular complexity index is 1090. The first-order valence-electron chi connectivity index (χ1n) is 11.4. The van der Waals surface area contributed by atoms with E-state index in [1.807, 2.05) is 30.5 Å². The molecule has 1 aromatic heterocycles. The van der Waals surface area contributed by atoms with E-state index in [0.717, 1.165) is 45.7 Å². The fourth-order valence-electron chi connectivity index (χ4n) is 4.09. The predicted molar refractivity (Wildman–Crippen MR) is 129 cm³/mol. The van der Waals surface area contributed by atoms with Gasteiger partial charge in [-0.3, -0.25) is 9.69 Å². The first kappa shape index (κ1) is 24.0. The number of fused-ring (bicyclic) bond motifs is 1. The number of hydrogen-bond acceptors (Lipinski definition) is 4. The molecule has 3 rings (SSSR count). The summed E-state index contributed by atoms with van der Waals surface area (Å²) in [6.45, 7) is 11.2. The van der Waals surface area contributed by atoms with Crippen molar-refractivity contribution in [2.45, 2.75) is 60.4 Å². The van der Waals surface area contributed by atoms with Crippen molar-refractivity contribution in [2.24, 2.45) is 0 Å². The van der Waals surface area contributed by atoms with E-state index in [-0.39, 0.29) is 25.8 Å². The minimum atomic E-state index is -0.0368. The number of aliphatic hydroxyl groups is 1. The molecule has 0 spiro atoms. The lowest BCUT2D eigenvalue weighted by Gasteiger charge is -2.27. The van der Waals surface area contributed by atoms with Crippen LogP contribution >= 0.6 is 0 Å². The quantitative estimate of drug-likeness (QED) is 0.475. The number of aryl methyl sites for hydroxylation is 5. The van der Waals surface area contributed by atoms with Crippen molar-refractivity contribution in [1.29, 1.82) is 0 Å². The third-order valence-corrected chi connectivity index (χ3v) is 5.99. The molecule has 0 fully saturated rings. The van der Waals surface area contributed by atoms with Gasteiger partial charge in [-0.05, 0) is 74.9 Å². The van der Waals surface area contributed by atoms with Gasteiger partial charge in [0.05, 0.1) is 16.7 Å². The first-order chi connectivity index (χ1) is 15.4. The van der Waals surface area contributed by atoms with Crippen LogP contribution in [0, 0.1) is 20.8 Å². The van der Waals surface area contributed by atoms with E-state index in [0.29, 0.717) is 19.4 Å². The van der Waals surface area contributed by atoms with E-state index in [2.05, 4.69) is 39.0 Å². The highest BCUT2D eigenvalue weighted by Crippen LogP contribution is 2.27. The molecular weight excluding hydrogens is 402 g/mol. The molecule has 1 N–H and O–H groups in total. The number of aliphatic hydroxyl groups excluding tert-OH is 1. The molecule has 0 unspecified atom stereocenters. The number of amides is 1. The number of nitrogens with zero attached hydrogens (tertiary/aromatic N) is 3. The Kier molecular flexibility index (Phi) is 8.04. The minimum Gasteiger partial charge on any atom is -0.396 e. The van der Waals surface area contributed by atoms with Crippen molar-refractivity contribution in [3.8, 4) is 0 Å². The average Bonchev–Trinajstić information content (AvgIpc) is 3.09. The molecule has 0 aliphatic heterocycles. The molecule has 6 heteroatoms. The molecule has 0 radical (unpaired) electrons. The van der Waals surface area contributed by atoms with Gasteiger partial charge < -0.3 is 14.4 Å². The SMILES string of the molecule is CCOCN(C(=O)Cn1c(CCCO)nc2cc(C)c(C)cc21)c1c(C)cccc1CC. The van der Waals surface area contributed by atoms with Crippen LogP contribution in [-0.4, -0.2) is 40.5 Å². The summed E-state index contributed by atoms with van der Waals surface area (Å²) < 4.78 is 7.71. The average molecular weight is 438 g/mol. The number of ether oxygens (including phenoxy) is 1. The van der Waals surface area contributed by atoms with E-state index >= 15 is 0 Å². The highest BCUT2D eigenvalue weighted by molar-refractivity contribution is 5.95. The maximum Gasteiger partial charge on any atom is 0.248 e. The van der Waals surface area contributed by atoms with Gasteiger partial charge in [-0.2, -0.15) is 0 Å². The highest BCUT2D eigenvalue weighted by Gasteiger charge is 2.23. The number of hydrogen-bond donors (Lipinski definition) is 1. The number of carbonyl (C=O) groups is 1. The molecule has 3 aromatic rings. The third kappa shape index (κ3) is 5.03. The zero-order valence-corrected chi connectivity index (χ0v) is 19.9. The van der Waals surface area contributed by atoms with Gasteiger partial charge in [0.15, 0.2) is 0 Å².